The van der Waals surface area contributed by atoms with Crippen molar-refractivity contribution in [3.05, 3.63) is 176 Å². The highest BCUT2D eigenvalue weighted by atomic mass is 15.1. The molecule has 11 nitrogen and oxygen atoms in total. The molecule has 8 heterocycles. The number of aromatic amines is 5. The van der Waals surface area contributed by atoms with Gasteiger partial charge in [0.05, 0.1) is 0 Å². The third kappa shape index (κ3) is 4.20. The molecule has 0 saturated carbocycles. The lowest BCUT2D eigenvalue weighted by Gasteiger charge is -2.27. The van der Waals surface area contributed by atoms with Gasteiger partial charge in [-0.15, -0.1) is 0 Å². The Morgan fingerprint density at radius 2 is 0.688 bits per heavy atom. The predicted molar refractivity (Wildman–Crippen MR) is 177 cm³/mol. The molecule has 0 saturated heterocycles. The summed E-state index contributed by atoms with van der Waals surface area (Å²) in [6.45, 7) is 0. The average molecular weight is 630 g/mol. The van der Waals surface area contributed by atoms with Crippen molar-refractivity contribution in [3.8, 4) is 0 Å². The van der Waals surface area contributed by atoms with Gasteiger partial charge in [-0.25, -0.2) is 0 Å². The first kappa shape index (κ1) is 27.1. The van der Waals surface area contributed by atoms with Crippen molar-refractivity contribution in [3.63, 3.8) is 0 Å². The number of hydrogen-bond acceptors (Lipinski definition) is 6. The molecule has 1 aromatic carbocycles. The largest absolute Gasteiger partial charge is 0.363 e. The van der Waals surface area contributed by atoms with Crippen molar-refractivity contribution < 1.29 is 0 Å². The van der Waals surface area contributed by atoms with Crippen LogP contribution in [0.4, 0.5) is 0 Å². The number of nitrogens with one attached hydrogen (secondary N) is 5. The van der Waals surface area contributed by atoms with Crippen LogP contribution in [0.2, 0.25) is 0 Å². The van der Waals surface area contributed by atoms with Crippen molar-refractivity contribution in [1.82, 2.24) is 24.9 Å². The highest BCUT2D eigenvalue weighted by Crippen LogP contribution is 2.36. The molecule has 0 fully saturated rings. The van der Waals surface area contributed by atoms with Gasteiger partial charge in [-0.1, -0.05) is 18.2 Å². The van der Waals surface area contributed by atoms with Crippen LogP contribution in [0.5, 0.6) is 0 Å². The molecule has 48 heavy (non-hydrogen) atoms. The summed E-state index contributed by atoms with van der Waals surface area (Å²) in [6, 6.07) is 18.7. The number of benzene rings is 1. The molecule has 6 aromatic rings. The highest BCUT2D eigenvalue weighted by Gasteiger charge is 2.35. The van der Waals surface area contributed by atoms with Crippen molar-refractivity contribution in [2.45, 2.75) is 42.7 Å². The fourth-order valence-electron chi connectivity index (χ4n) is 7.47. The first-order valence-corrected chi connectivity index (χ1v) is 16.3. The van der Waals surface area contributed by atoms with Gasteiger partial charge in [-0.2, -0.15) is 0 Å². The second kappa shape index (κ2) is 10.7. The minimum Gasteiger partial charge on any atom is -0.363 e. The zero-order valence-corrected chi connectivity index (χ0v) is 25.7. The number of rotatable bonds is 6. The third-order valence-corrected chi connectivity index (χ3v) is 9.74. The topological polar surface area (TPSA) is 153 Å². The Labute approximate surface area is 273 Å². The molecule has 0 amide bonds. The molecule has 6 atom stereocenters. The molecule has 5 aromatic heterocycles. The number of allylic oxidation sites excluding steroid dienone is 3. The first-order chi connectivity index (χ1) is 23.8. The Bertz CT molecular complexity index is 2480. The lowest BCUT2D eigenvalue weighted by molar-refractivity contribution is 0.484. The van der Waals surface area contributed by atoms with Crippen LogP contribution in [0.15, 0.2) is 145 Å². The van der Waals surface area contributed by atoms with Gasteiger partial charge < -0.3 is 24.9 Å². The van der Waals surface area contributed by atoms with Gasteiger partial charge in [-0.05, 0) is 72.7 Å². The summed E-state index contributed by atoms with van der Waals surface area (Å²) in [4.78, 5) is 50.1. The van der Waals surface area contributed by atoms with Crippen LogP contribution in [0, 0.1) is 0 Å². The summed E-state index contributed by atoms with van der Waals surface area (Å²) < 4.78 is 0. The van der Waals surface area contributed by atoms with Crippen LogP contribution in [0.3, 0.4) is 0 Å². The monoisotopic (exact) mass is 629 g/mol. The van der Waals surface area contributed by atoms with Crippen molar-refractivity contribution >= 4 is 0 Å². The van der Waals surface area contributed by atoms with Gasteiger partial charge in [0.2, 0.25) is 0 Å². The van der Waals surface area contributed by atoms with Crippen LogP contribution < -0.4 is 32.1 Å². The van der Waals surface area contributed by atoms with Gasteiger partial charge in [-0.3, -0.25) is 30.0 Å². The maximum atomic E-state index is 5.54. The second-order valence-electron chi connectivity index (χ2n) is 12.5. The van der Waals surface area contributed by atoms with E-state index in [0.717, 1.165) is 40.2 Å². The maximum absolute atomic E-state index is 5.54. The summed E-state index contributed by atoms with van der Waals surface area (Å²) >= 11 is 0. The number of aromatic nitrogens is 5. The zero-order valence-electron chi connectivity index (χ0n) is 25.7. The van der Waals surface area contributed by atoms with Gasteiger partial charge in [0.25, 0.3) is 0 Å². The molecule has 5 N–H and O–H groups in total. The van der Waals surface area contributed by atoms with E-state index in [4.69, 9.17) is 30.0 Å². The van der Waals surface area contributed by atoms with Gasteiger partial charge in [0.15, 0.2) is 0 Å². The van der Waals surface area contributed by atoms with E-state index >= 15 is 0 Å². The zero-order chi connectivity index (χ0) is 31.6. The summed E-state index contributed by atoms with van der Waals surface area (Å²) in [5.74, 6) is 0. The molecule has 234 valence electrons. The summed E-state index contributed by atoms with van der Waals surface area (Å²) in [5, 5.41) is 4.23. The summed E-state index contributed by atoms with van der Waals surface area (Å²) in [6.07, 6.45) is 16.9. The van der Waals surface area contributed by atoms with Gasteiger partial charge in [0, 0.05) is 59.5 Å². The van der Waals surface area contributed by atoms with Gasteiger partial charge >= 0.3 is 0 Å². The van der Waals surface area contributed by atoms with Crippen LogP contribution >= 0.6 is 0 Å². The number of H-pyrrole nitrogens is 5. The Morgan fingerprint density at radius 1 is 0.396 bits per heavy atom. The van der Waals surface area contributed by atoms with E-state index in [1.54, 1.807) is 0 Å². The van der Waals surface area contributed by atoms with E-state index in [1.165, 1.54) is 5.57 Å². The Balaban J connectivity index is 1.35. The smallest absolute Gasteiger partial charge is 0.118 e. The molecule has 6 unspecified atom stereocenters. The lowest BCUT2D eigenvalue weighted by Crippen LogP contribution is -2.69. The van der Waals surface area contributed by atoms with E-state index in [-0.39, 0.29) is 36.3 Å². The quantitative estimate of drug-likeness (QED) is 0.184. The van der Waals surface area contributed by atoms with Crippen LogP contribution in [-0.2, 0) is 0 Å². The maximum Gasteiger partial charge on any atom is 0.118 e. The molecule has 10 rings (SSSR count). The standard InChI is InChI=1S/C37H31N11/c1-2-9-20(8-1)26-27(21-10-3-15-38-21)44-33-32(43-26)34-36(47-29(23-12-5-17-40-23)28(45-34)22-11-4-16-39-22)37-35(33)46-30(24-13-6-18-41-24)31(48-37)25-14-7-19-42-25/h1-8,10-19,26-31,38-42H,9H2. The van der Waals surface area contributed by atoms with E-state index in [2.05, 4.69) is 73.5 Å². The average Bonchev–Trinajstić information content (AvgIpc) is 3.99. The highest BCUT2D eigenvalue weighted by molar-refractivity contribution is 5.33. The predicted octanol–water partition coefficient (Wildman–Crippen LogP) is 3.05. The minimum absolute atomic E-state index is 0.208. The third-order valence-electron chi connectivity index (χ3n) is 9.74. The molecule has 1 aliphatic carbocycles. The summed E-state index contributed by atoms with van der Waals surface area (Å²) in [5.41, 5.74) is 6.11. The van der Waals surface area contributed by atoms with E-state index in [1.807, 2.05) is 61.3 Å². The number of hydrogen-bond donors (Lipinski definition) is 5. The SMILES string of the molecule is C1=CCC(C2N=c3c(c4c(c5c3=NC(c3ccc[nH]3)C(c3ccc[nH]3)N=5)=NC(c3ccc[nH]3)C(c3ccc[nH]3)N=4)=NC2c2ccc[nH]2)=C1. The van der Waals surface area contributed by atoms with E-state index in [9.17, 15) is 0 Å². The van der Waals surface area contributed by atoms with E-state index in [0.29, 0.717) is 26.8 Å². The van der Waals surface area contributed by atoms with Gasteiger partial charge in [0.1, 0.15) is 68.4 Å². The van der Waals surface area contributed by atoms with Crippen molar-refractivity contribution in [1.29, 1.82) is 0 Å². The Morgan fingerprint density at radius 3 is 0.938 bits per heavy atom. The van der Waals surface area contributed by atoms with Crippen LogP contribution in [-0.4, -0.2) is 31.0 Å². The molecule has 4 aliphatic rings. The molecule has 3 aliphatic heterocycles. The number of fused-ring (bicyclic) bond motifs is 6. The van der Waals surface area contributed by atoms with Crippen molar-refractivity contribution in [2.75, 3.05) is 0 Å². The Hall–Kier alpha value is -6.10. The lowest BCUT2D eigenvalue weighted by atomic mass is 9.95. The molecule has 0 bridgehead atoms. The molecular weight excluding hydrogens is 598 g/mol. The molecule has 0 radical (unpaired) electrons. The summed E-state index contributed by atoms with van der Waals surface area (Å²) in [7, 11) is 0. The van der Waals surface area contributed by atoms with Crippen LogP contribution in [0.1, 0.15) is 65.1 Å². The fourth-order valence-corrected chi connectivity index (χ4v) is 7.47. The molecular formula is C37H31N11. The van der Waals surface area contributed by atoms with Crippen molar-refractivity contribution in [2.24, 2.45) is 30.0 Å². The Kier molecular flexibility index (Phi) is 6.05. The second-order valence-corrected chi connectivity index (χ2v) is 12.5. The minimum atomic E-state index is -0.309. The van der Waals surface area contributed by atoms with Crippen LogP contribution in [0.25, 0.3) is 0 Å². The first-order valence-electron chi connectivity index (χ1n) is 16.3. The number of nitrogens with zero attached hydrogens (tertiary/aromatic N) is 6. The fraction of sp³-hybridized carbons (Fsp3) is 0.189. The molecule has 0 spiro atoms. The van der Waals surface area contributed by atoms with E-state index < -0.39 is 0 Å². The normalized spacial score (nSPS) is 25.2. The molecule has 11 heteroatoms.